The molecule has 5 heteroatoms. The third-order valence-electron chi connectivity index (χ3n) is 3.57. The number of hydrogen-bond donors (Lipinski definition) is 0. The molecule has 0 aromatic heterocycles. The molecule has 0 N–H and O–H groups in total. The number of alkyl halides is 3. The Morgan fingerprint density at radius 3 is 2.60 bits per heavy atom. The van der Waals surface area contributed by atoms with E-state index in [1.54, 1.807) is 13.0 Å². The van der Waals surface area contributed by atoms with E-state index in [0.717, 1.165) is 6.07 Å². The van der Waals surface area contributed by atoms with E-state index < -0.39 is 23.3 Å². The zero-order valence-corrected chi connectivity index (χ0v) is 11.3. The van der Waals surface area contributed by atoms with Gasteiger partial charge in [0.1, 0.15) is 5.60 Å². The van der Waals surface area contributed by atoms with Crippen LogP contribution < -0.4 is 0 Å². The first kappa shape index (κ1) is 14.6. The number of carbonyl (C=O) groups excluding carboxylic acids is 1. The minimum atomic E-state index is -4.39. The lowest BCUT2D eigenvalue weighted by Gasteiger charge is -2.26. The first-order valence-electron chi connectivity index (χ1n) is 6.23. The molecule has 2 nitrogen and oxygen atoms in total. The Hall–Kier alpha value is -1.78. The summed E-state index contributed by atoms with van der Waals surface area (Å²) in [7, 11) is 0. The largest absolute Gasteiger partial charge is 0.451 e. The highest BCUT2D eigenvalue weighted by Gasteiger charge is 2.43. The number of rotatable bonds is 2. The van der Waals surface area contributed by atoms with Crippen LogP contribution in [-0.2, 0) is 27.7 Å². The first-order valence-corrected chi connectivity index (χ1v) is 6.23. The fraction of sp³-hybridized carbons (Fsp3) is 0.400. The normalized spacial score (nSPS) is 21.4. The molecular weight excluding hydrogens is 269 g/mol. The number of carbonyl (C=O) groups is 1. The van der Waals surface area contributed by atoms with Crippen LogP contribution in [0.5, 0.6) is 0 Å². The highest BCUT2D eigenvalue weighted by molar-refractivity contribution is 5.87. The summed E-state index contributed by atoms with van der Waals surface area (Å²) < 4.78 is 44.2. The van der Waals surface area contributed by atoms with Crippen LogP contribution in [-0.4, -0.2) is 5.97 Å². The zero-order chi connectivity index (χ0) is 15.1. The highest BCUT2D eigenvalue weighted by atomic mass is 19.4. The van der Waals surface area contributed by atoms with Gasteiger partial charge in [-0.05, 0) is 43.9 Å². The monoisotopic (exact) mass is 284 g/mol. The van der Waals surface area contributed by atoms with E-state index >= 15 is 0 Å². The zero-order valence-electron chi connectivity index (χ0n) is 11.3. The van der Waals surface area contributed by atoms with E-state index in [4.69, 9.17) is 4.74 Å². The molecule has 0 aliphatic heterocycles. The fourth-order valence-electron chi connectivity index (χ4n) is 2.51. The summed E-state index contributed by atoms with van der Waals surface area (Å²) in [5, 5.41) is 0. The van der Waals surface area contributed by atoms with E-state index in [9.17, 15) is 18.0 Å². The smallest absolute Gasteiger partial charge is 0.416 e. The molecule has 0 saturated carbocycles. The van der Waals surface area contributed by atoms with Crippen molar-refractivity contribution in [2.45, 2.75) is 38.5 Å². The Morgan fingerprint density at radius 2 is 2.05 bits per heavy atom. The second kappa shape index (κ2) is 4.65. The van der Waals surface area contributed by atoms with Gasteiger partial charge in [0.25, 0.3) is 0 Å². The number of halogens is 3. The summed E-state index contributed by atoms with van der Waals surface area (Å²) in [6.45, 7) is 6.63. The maximum Gasteiger partial charge on any atom is 0.416 e. The van der Waals surface area contributed by atoms with Crippen LogP contribution >= 0.6 is 0 Å². The molecule has 1 unspecified atom stereocenters. The third-order valence-corrected chi connectivity index (χ3v) is 3.57. The van der Waals surface area contributed by atoms with E-state index in [1.807, 2.05) is 0 Å². The summed E-state index contributed by atoms with van der Waals surface area (Å²) >= 11 is 0. The molecule has 1 aliphatic rings. The molecule has 0 radical (unpaired) electrons. The van der Waals surface area contributed by atoms with Gasteiger partial charge in [0.2, 0.25) is 0 Å². The van der Waals surface area contributed by atoms with Crippen molar-refractivity contribution < 1.29 is 22.7 Å². The van der Waals surface area contributed by atoms with Gasteiger partial charge in [0, 0.05) is 5.57 Å². The Bertz CT molecular complexity index is 575. The van der Waals surface area contributed by atoms with Gasteiger partial charge >= 0.3 is 12.1 Å². The maximum atomic E-state index is 13.0. The maximum absolute atomic E-state index is 13.0. The van der Waals surface area contributed by atoms with Crippen molar-refractivity contribution in [3.05, 3.63) is 47.0 Å². The molecule has 0 heterocycles. The van der Waals surface area contributed by atoms with Crippen molar-refractivity contribution in [3.8, 4) is 0 Å². The Morgan fingerprint density at radius 1 is 1.40 bits per heavy atom. The van der Waals surface area contributed by atoms with E-state index in [1.165, 1.54) is 13.0 Å². The third kappa shape index (κ3) is 2.44. The first-order chi connectivity index (χ1) is 9.15. The summed E-state index contributed by atoms with van der Waals surface area (Å²) in [5.74, 6) is -0.585. The van der Waals surface area contributed by atoms with Crippen molar-refractivity contribution in [3.63, 3.8) is 0 Å². The summed E-state index contributed by atoms with van der Waals surface area (Å²) in [4.78, 5) is 11.7. The van der Waals surface area contributed by atoms with Crippen LogP contribution in [0, 0.1) is 0 Å². The van der Waals surface area contributed by atoms with Gasteiger partial charge in [-0.25, -0.2) is 4.79 Å². The predicted molar refractivity (Wildman–Crippen MR) is 68.0 cm³/mol. The number of fused-ring (bicyclic) bond motifs is 1. The predicted octanol–water partition coefficient (Wildman–Crippen LogP) is 3.99. The van der Waals surface area contributed by atoms with Crippen molar-refractivity contribution >= 4 is 5.97 Å². The van der Waals surface area contributed by atoms with Gasteiger partial charge in [-0.3, -0.25) is 0 Å². The van der Waals surface area contributed by atoms with Crippen molar-refractivity contribution in [1.82, 2.24) is 0 Å². The van der Waals surface area contributed by atoms with E-state index in [-0.39, 0.29) is 17.6 Å². The van der Waals surface area contributed by atoms with Gasteiger partial charge in [0.15, 0.2) is 0 Å². The summed E-state index contributed by atoms with van der Waals surface area (Å²) in [6.07, 6.45) is -3.81. The molecule has 1 atom stereocenters. The van der Waals surface area contributed by atoms with Crippen LogP contribution in [0.3, 0.4) is 0 Å². The number of ether oxygens (including phenoxy) is 1. The molecule has 1 aromatic rings. The summed E-state index contributed by atoms with van der Waals surface area (Å²) in [5.41, 5.74) is -0.789. The average molecular weight is 284 g/mol. The van der Waals surface area contributed by atoms with Crippen LogP contribution in [0.4, 0.5) is 13.2 Å². The molecule has 20 heavy (non-hydrogen) atoms. The van der Waals surface area contributed by atoms with Crippen molar-refractivity contribution in [2.75, 3.05) is 0 Å². The lowest BCUT2D eigenvalue weighted by atomic mass is 9.95. The van der Waals surface area contributed by atoms with Crippen LogP contribution in [0.25, 0.3) is 0 Å². The van der Waals surface area contributed by atoms with Gasteiger partial charge in [-0.15, -0.1) is 0 Å². The molecule has 0 bridgehead atoms. The van der Waals surface area contributed by atoms with Gasteiger partial charge in [-0.2, -0.15) is 13.2 Å². The van der Waals surface area contributed by atoms with E-state index in [0.29, 0.717) is 12.0 Å². The second-order valence-electron chi connectivity index (χ2n) is 5.23. The molecule has 0 fully saturated rings. The Labute approximate surface area is 115 Å². The average Bonchev–Trinajstić information content (AvgIpc) is 2.66. The number of hydrogen-bond acceptors (Lipinski definition) is 2. The lowest BCUT2D eigenvalue weighted by Crippen LogP contribution is -2.27. The van der Waals surface area contributed by atoms with Crippen LogP contribution in [0.1, 0.15) is 37.0 Å². The minimum absolute atomic E-state index is 0.219. The van der Waals surface area contributed by atoms with Crippen LogP contribution in [0.15, 0.2) is 30.4 Å². The molecule has 0 saturated heterocycles. The number of esters is 1. The molecule has 108 valence electrons. The molecular formula is C15H15F3O2. The quantitative estimate of drug-likeness (QED) is 0.606. The SMILES string of the molecule is C=C(C)C(=O)OC1(C)CCc2c(C(F)(F)F)cccc21. The molecule has 0 amide bonds. The van der Waals surface area contributed by atoms with Gasteiger partial charge < -0.3 is 4.74 Å². The molecule has 1 aromatic carbocycles. The molecule has 1 aliphatic carbocycles. The minimum Gasteiger partial charge on any atom is -0.451 e. The fourth-order valence-corrected chi connectivity index (χ4v) is 2.51. The highest BCUT2D eigenvalue weighted by Crippen LogP contribution is 2.45. The molecule has 2 rings (SSSR count). The second-order valence-corrected chi connectivity index (χ2v) is 5.23. The molecule has 0 spiro atoms. The number of benzene rings is 1. The van der Waals surface area contributed by atoms with E-state index in [2.05, 4.69) is 6.58 Å². The standard InChI is InChI=1S/C15H15F3O2/c1-9(2)13(19)20-14(3)8-7-10-11(14)5-4-6-12(10)15(16,17)18/h4-6H,1,7-8H2,2-3H3. The van der Waals surface area contributed by atoms with Crippen molar-refractivity contribution in [1.29, 1.82) is 0 Å². The van der Waals surface area contributed by atoms with Crippen LogP contribution in [0.2, 0.25) is 0 Å². The summed E-state index contributed by atoms with van der Waals surface area (Å²) in [6, 6.07) is 3.99. The Balaban J connectivity index is 2.43. The topological polar surface area (TPSA) is 26.3 Å². The van der Waals surface area contributed by atoms with Crippen molar-refractivity contribution in [2.24, 2.45) is 0 Å². The lowest BCUT2D eigenvalue weighted by molar-refractivity contribution is -0.154. The van der Waals surface area contributed by atoms with Gasteiger partial charge in [0.05, 0.1) is 5.56 Å². The Kier molecular flexibility index (Phi) is 3.40. The van der Waals surface area contributed by atoms with Gasteiger partial charge in [-0.1, -0.05) is 18.7 Å².